The van der Waals surface area contributed by atoms with E-state index in [9.17, 15) is 10.2 Å². The SMILES string of the molecule is Cc1cc(Cc2cc(C)c(O)c(C)c2C)c(C)c(C)c1O. The Labute approximate surface area is 127 Å². The third kappa shape index (κ3) is 2.63. The van der Waals surface area contributed by atoms with E-state index in [0.29, 0.717) is 11.5 Å². The molecule has 2 heteroatoms. The summed E-state index contributed by atoms with van der Waals surface area (Å²) < 4.78 is 0. The second-order valence-corrected chi connectivity index (χ2v) is 6.08. The fraction of sp³-hybridized carbons (Fsp3) is 0.368. The lowest BCUT2D eigenvalue weighted by molar-refractivity contribution is 0.466. The number of benzene rings is 2. The van der Waals surface area contributed by atoms with E-state index in [0.717, 1.165) is 39.8 Å². The third-order valence-corrected chi connectivity index (χ3v) is 4.71. The molecule has 2 N–H and O–H groups in total. The quantitative estimate of drug-likeness (QED) is 0.850. The summed E-state index contributed by atoms with van der Waals surface area (Å²) in [7, 11) is 0. The predicted octanol–water partition coefficient (Wildman–Crippen LogP) is 4.54. The molecule has 0 amide bonds. The zero-order chi connectivity index (χ0) is 15.9. The molecule has 0 bridgehead atoms. The maximum atomic E-state index is 10.0. The van der Waals surface area contributed by atoms with E-state index >= 15 is 0 Å². The van der Waals surface area contributed by atoms with Gasteiger partial charge in [0.25, 0.3) is 0 Å². The first-order valence-corrected chi connectivity index (χ1v) is 7.31. The Kier molecular flexibility index (Phi) is 3.99. The Morgan fingerprint density at radius 2 is 0.952 bits per heavy atom. The van der Waals surface area contributed by atoms with E-state index in [4.69, 9.17) is 0 Å². The number of phenols is 2. The van der Waals surface area contributed by atoms with Crippen molar-refractivity contribution in [3.63, 3.8) is 0 Å². The molecule has 2 aromatic rings. The molecular weight excluding hydrogens is 260 g/mol. The van der Waals surface area contributed by atoms with Gasteiger partial charge in [0.15, 0.2) is 0 Å². The van der Waals surface area contributed by atoms with Crippen molar-refractivity contribution in [2.75, 3.05) is 0 Å². The molecule has 0 saturated heterocycles. The first-order valence-electron chi connectivity index (χ1n) is 7.31. The van der Waals surface area contributed by atoms with Crippen LogP contribution in [0.1, 0.15) is 44.5 Å². The molecule has 0 spiro atoms. The largest absolute Gasteiger partial charge is 0.507 e. The first-order chi connectivity index (χ1) is 9.73. The molecule has 0 aliphatic heterocycles. The van der Waals surface area contributed by atoms with Gasteiger partial charge in [0, 0.05) is 0 Å². The predicted molar refractivity (Wildman–Crippen MR) is 87.4 cm³/mol. The van der Waals surface area contributed by atoms with Gasteiger partial charge in [-0.2, -0.15) is 0 Å². The molecule has 0 heterocycles. The molecule has 0 atom stereocenters. The number of rotatable bonds is 2. The van der Waals surface area contributed by atoms with E-state index in [1.165, 1.54) is 11.1 Å². The Morgan fingerprint density at radius 3 is 1.29 bits per heavy atom. The zero-order valence-corrected chi connectivity index (χ0v) is 13.8. The van der Waals surface area contributed by atoms with Crippen LogP contribution in [0.15, 0.2) is 12.1 Å². The van der Waals surface area contributed by atoms with Crippen LogP contribution < -0.4 is 0 Å². The monoisotopic (exact) mass is 284 g/mol. The normalized spacial score (nSPS) is 11.0. The second-order valence-electron chi connectivity index (χ2n) is 6.08. The molecule has 112 valence electrons. The molecule has 0 aliphatic rings. The van der Waals surface area contributed by atoms with Gasteiger partial charge in [-0.3, -0.25) is 0 Å². The van der Waals surface area contributed by atoms with Crippen LogP contribution in [0.25, 0.3) is 0 Å². The Bertz CT molecular complexity index is 651. The van der Waals surface area contributed by atoms with Crippen LogP contribution in [0.2, 0.25) is 0 Å². The van der Waals surface area contributed by atoms with Gasteiger partial charge in [-0.1, -0.05) is 12.1 Å². The van der Waals surface area contributed by atoms with E-state index in [2.05, 4.69) is 26.0 Å². The number of aromatic hydroxyl groups is 2. The molecule has 0 radical (unpaired) electrons. The van der Waals surface area contributed by atoms with Gasteiger partial charge >= 0.3 is 0 Å². The number of phenolic OH excluding ortho intramolecular Hbond substituents is 2. The Morgan fingerprint density at radius 1 is 0.619 bits per heavy atom. The minimum atomic E-state index is 0.394. The number of aryl methyl sites for hydroxylation is 2. The van der Waals surface area contributed by atoms with Crippen LogP contribution in [0.5, 0.6) is 11.5 Å². The lowest BCUT2D eigenvalue weighted by atomic mass is 9.90. The van der Waals surface area contributed by atoms with Gasteiger partial charge in [0.1, 0.15) is 11.5 Å². The molecule has 0 saturated carbocycles. The highest BCUT2D eigenvalue weighted by molar-refractivity contribution is 5.53. The number of hydrogen-bond donors (Lipinski definition) is 2. The second kappa shape index (κ2) is 5.44. The van der Waals surface area contributed by atoms with Gasteiger partial charge in [0.2, 0.25) is 0 Å². The van der Waals surface area contributed by atoms with Crippen LogP contribution in [0, 0.1) is 41.5 Å². The molecule has 2 aromatic carbocycles. The summed E-state index contributed by atoms with van der Waals surface area (Å²) >= 11 is 0. The average molecular weight is 284 g/mol. The van der Waals surface area contributed by atoms with E-state index < -0.39 is 0 Å². The summed E-state index contributed by atoms with van der Waals surface area (Å²) in [4.78, 5) is 0. The van der Waals surface area contributed by atoms with Crippen LogP contribution in [0.3, 0.4) is 0 Å². The lowest BCUT2D eigenvalue weighted by Gasteiger charge is -2.17. The smallest absolute Gasteiger partial charge is 0.121 e. The van der Waals surface area contributed by atoms with Gasteiger partial charge in [-0.05, 0) is 92.5 Å². The van der Waals surface area contributed by atoms with Crippen molar-refractivity contribution in [1.29, 1.82) is 0 Å². The van der Waals surface area contributed by atoms with Crippen molar-refractivity contribution in [3.8, 4) is 11.5 Å². The van der Waals surface area contributed by atoms with Crippen molar-refractivity contribution in [3.05, 3.63) is 56.6 Å². The van der Waals surface area contributed by atoms with E-state index in [1.807, 2.05) is 27.7 Å². The molecule has 0 aromatic heterocycles. The summed E-state index contributed by atoms with van der Waals surface area (Å²) in [6.45, 7) is 11.9. The van der Waals surface area contributed by atoms with Crippen molar-refractivity contribution < 1.29 is 10.2 Å². The Hall–Kier alpha value is -1.96. The summed E-state index contributed by atoms with van der Waals surface area (Å²) in [5.41, 5.74) is 8.48. The molecule has 0 aliphatic carbocycles. The maximum absolute atomic E-state index is 10.0. The maximum Gasteiger partial charge on any atom is 0.121 e. The third-order valence-electron chi connectivity index (χ3n) is 4.71. The Balaban J connectivity index is 2.54. The van der Waals surface area contributed by atoms with Gasteiger partial charge in [0.05, 0.1) is 0 Å². The molecule has 21 heavy (non-hydrogen) atoms. The summed E-state index contributed by atoms with van der Waals surface area (Å²) in [6, 6.07) is 4.13. The molecular formula is C19H24O2. The van der Waals surface area contributed by atoms with E-state index in [-0.39, 0.29) is 0 Å². The van der Waals surface area contributed by atoms with Crippen molar-refractivity contribution in [2.45, 2.75) is 48.0 Å². The topological polar surface area (TPSA) is 40.5 Å². The van der Waals surface area contributed by atoms with E-state index in [1.54, 1.807) is 0 Å². The first kappa shape index (κ1) is 15.4. The number of hydrogen-bond acceptors (Lipinski definition) is 2. The van der Waals surface area contributed by atoms with Gasteiger partial charge in [-0.15, -0.1) is 0 Å². The zero-order valence-electron chi connectivity index (χ0n) is 13.8. The fourth-order valence-corrected chi connectivity index (χ4v) is 2.88. The molecule has 0 unspecified atom stereocenters. The van der Waals surface area contributed by atoms with Gasteiger partial charge in [-0.25, -0.2) is 0 Å². The fourth-order valence-electron chi connectivity index (χ4n) is 2.88. The highest BCUT2D eigenvalue weighted by Crippen LogP contribution is 2.32. The van der Waals surface area contributed by atoms with Gasteiger partial charge < -0.3 is 10.2 Å². The standard InChI is InChI=1S/C19H24O2/c1-10-7-16(12(3)14(5)18(10)20)9-17-8-11(2)19(21)15(6)13(17)4/h7-8,20-21H,9H2,1-6H3. The van der Waals surface area contributed by atoms with Crippen molar-refractivity contribution in [1.82, 2.24) is 0 Å². The highest BCUT2D eigenvalue weighted by Gasteiger charge is 2.13. The minimum absolute atomic E-state index is 0.394. The van der Waals surface area contributed by atoms with Crippen LogP contribution >= 0.6 is 0 Å². The summed E-state index contributed by atoms with van der Waals surface area (Å²) in [5.74, 6) is 0.789. The van der Waals surface area contributed by atoms with Crippen LogP contribution in [-0.2, 0) is 6.42 Å². The van der Waals surface area contributed by atoms with Crippen LogP contribution in [-0.4, -0.2) is 10.2 Å². The van der Waals surface area contributed by atoms with Crippen molar-refractivity contribution >= 4 is 0 Å². The van der Waals surface area contributed by atoms with Crippen molar-refractivity contribution in [2.24, 2.45) is 0 Å². The summed E-state index contributed by atoms with van der Waals surface area (Å²) in [5, 5.41) is 20.0. The lowest BCUT2D eigenvalue weighted by Crippen LogP contribution is -2.00. The molecule has 0 fully saturated rings. The minimum Gasteiger partial charge on any atom is -0.507 e. The average Bonchev–Trinajstić information content (AvgIpc) is 2.45. The molecule has 2 nitrogen and oxygen atoms in total. The molecule has 2 rings (SSSR count). The van der Waals surface area contributed by atoms with Crippen LogP contribution in [0.4, 0.5) is 0 Å². The summed E-state index contributed by atoms with van der Waals surface area (Å²) in [6.07, 6.45) is 0.821. The highest BCUT2D eigenvalue weighted by atomic mass is 16.3.